The predicted octanol–water partition coefficient (Wildman–Crippen LogP) is 1.58. The Morgan fingerprint density at radius 1 is 1.35 bits per heavy atom. The maximum absolute atomic E-state index is 13.7. The first-order valence-corrected chi connectivity index (χ1v) is 7.85. The molecule has 1 unspecified atom stereocenters. The number of nitrogens with one attached hydrogen (secondary N) is 2. The summed E-state index contributed by atoms with van der Waals surface area (Å²) in [6, 6.07) is 5.89. The van der Waals surface area contributed by atoms with E-state index in [4.69, 9.17) is 5.73 Å². The second-order valence-corrected chi connectivity index (χ2v) is 6.24. The van der Waals surface area contributed by atoms with Crippen LogP contribution in [0, 0.1) is 5.82 Å². The summed E-state index contributed by atoms with van der Waals surface area (Å²) in [5, 5.41) is 2.90. The van der Waals surface area contributed by atoms with E-state index in [1.54, 1.807) is 12.1 Å². The molecule has 116 valence electrons. The number of aromatic amines is 1. The Hall–Kier alpha value is -2.61. The van der Waals surface area contributed by atoms with Crippen molar-refractivity contribution in [1.82, 2.24) is 9.97 Å². The highest BCUT2D eigenvalue weighted by Gasteiger charge is 2.39. The third kappa shape index (κ3) is 2.14. The summed E-state index contributed by atoms with van der Waals surface area (Å²) < 4.78 is 13.7. The Morgan fingerprint density at radius 2 is 2.17 bits per heavy atom. The number of nitrogens with zero attached hydrogens (tertiary/aromatic N) is 1. The molecule has 3 heterocycles. The minimum absolute atomic E-state index is 0.0136. The lowest BCUT2D eigenvalue weighted by molar-refractivity contribution is -0.107. The monoisotopic (exact) mass is 330 g/mol. The Bertz CT molecular complexity index is 937. The van der Waals surface area contributed by atoms with Gasteiger partial charge in [0.15, 0.2) is 0 Å². The van der Waals surface area contributed by atoms with Crippen molar-refractivity contribution in [2.75, 3.05) is 16.8 Å². The van der Waals surface area contributed by atoms with E-state index in [0.717, 1.165) is 11.8 Å². The molecule has 0 saturated carbocycles. The van der Waals surface area contributed by atoms with Crippen molar-refractivity contribution < 1.29 is 9.18 Å². The molecule has 0 saturated heterocycles. The zero-order chi connectivity index (χ0) is 16.1. The van der Waals surface area contributed by atoms with E-state index in [2.05, 4.69) is 15.3 Å². The molecule has 1 aromatic heterocycles. The van der Waals surface area contributed by atoms with Crippen LogP contribution in [0.5, 0.6) is 0 Å². The molecule has 4 N–H and O–H groups in total. The summed E-state index contributed by atoms with van der Waals surface area (Å²) in [6.07, 6.45) is 0. The maximum atomic E-state index is 13.7. The molecule has 0 bridgehead atoms. The van der Waals surface area contributed by atoms with Crippen LogP contribution in [0.1, 0.15) is 17.0 Å². The number of benzene rings is 1. The summed E-state index contributed by atoms with van der Waals surface area (Å²) in [6.45, 7) is 0. The van der Waals surface area contributed by atoms with Gasteiger partial charge in [-0.2, -0.15) is 4.98 Å². The summed E-state index contributed by atoms with van der Waals surface area (Å²) >= 11 is 1.15. The van der Waals surface area contributed by atoms with Gasteiger partial charge < -0.3 is 11.1 Å². The second-order valence-electron chi connectivity index (χ2n) is 5.29. The van der Waals surface area contributed by atoms with Crippen LogP contribution in [-0.4, -0.2) is 20.8 Å². The van der Waals surface area contributed by atoms with Gasteiger partial charge in [0, 0.05) is 22.9 Å². The normalized spacial score (nSPS) is 19.3. The van der Waals surface area contributed by atoms with Gasteiger partial charge in [-0.15, -0.1) is 0 Å². The molecule has 2 aliphatic rings. The Balaban J connectivity index is 2.01. The third-order valence-corrected chi connectivity index (χ3v) is 4.81. The van der Waals surface area contributed by atoms with Gasteiger partial charge in [0.25, 0.3) is 5.56 Å². The number of fused-ring (bicyclic) bond motifs is 1. The van der Waals surface area contributed by atoms with Crippen molar-refractivity contribution in [3.63, 3.8) is 0 Å². The minimum Gasteiger partial charge on any atom is -0.369 e. The number of nitrogen functional groups attached to an aromatic ring is 1. The quantitative estimate of drug-likeness (QED) is 0.734. The molecular weight excluding hydrogens is 319 g/mol. The molecule has 1 atom stereocenters. The van der Waals surface area contributed by atoms with Crippen molar-refractivity contribution in [1.29, 1.82) is 0 Å². The highest BCUT2D eigenvalue weighted by molar-refractivity contribution is 8.14. The molecule has 4 rings (SSSR count). The first-order valence-electron chi connectivity index (χ1n) is 6.87. The summed E-state index contributed by atoms with van der Waals surface area (Å²) in [7, 11) is 0. The summed E-state index contributed by atoms with van der Waals surface area (Å²) in [4.78, 5) is 31.2. The average molecular weight is 330 g/mol. The van der Waals surface area contributed by atoms with Crippen molar-refractivity contribution in [2.24, 2.45) is 0 Å². The first kappa shape index (κ1) is 14.0. The van der Waals surface area contributed by atoms with Crippen LogP contribution in [0.3, 0.4) is 0 Å². The molecule has 2 aromatic rings. The number of anilines is 2. The summed E-state index contributed by atoms with van der Waals surface area (Å²) in [5.41, 5.74) is 7.14. The van der Waals surface area contributed by atoms with E-state index in [9.17, 15) is 14.0 Å². The highest BCUT2D eigenvalue weighted by atomic mass is 32.2. The van der Waals surface area contributed by atoms with E-state index in [0.29, 0.717) is 28.4 Å². The molecular formula is C15H11FN4O2S. The first-order chi connectivity index (χ1) is 11.0. The van der Waals surface area contributed by atoms with Crippen LogP contribution in [0.4, 0.5) is 16.2 Å². The number of H-pyrrole nitrogens is 1. The fourth-order valence-electron chi connectivity index (χ4n) is 2.98. The molecule has 0 amide bonds. The minimum atomic E-state index is -0.656. The molecule has 0 radical (unpaired) electrons. The van der Waals surface area contributed by atoms with Gasteiger partial charge in [0.05, 0.1) is 5.56 Å². The molecule has 2 aliphatic heterocycles. The van der Waals surface area contributed by atoms with E-state index < -0.39 is 17.3 Å². The van der Waals surface area contributed by atoms with Crippen LogP contribution < -0.4 is 16.6 Å². The maximum Gasteiger partial charge on any atom is 0.258 e. The van der Waals surface area contributed by atoms with Crippen molar-refractivity contribution in [3.8, 4) is 0 Å². The standard InChI is InChI=1S/C15H11FN4O2S/c16-7-3-1-2-6(4-7)9-10-8(5-23-14(10)22)18-12-11(9)13(21)20-15(17)19-12/h1-4,9H,5H2,(H4,17,18,19,20,21). The average Bonchev–Trinajstić information content (AvgIpc) is 2.86. The zero-order valence-electron chi connectivity index (χ0n) is 11.7. The van der Waals surface area contributed by atoms with E-state index in [1.165, 1.54) is 12.1 Å². The van der Waals surface area contributed by atoms with Crippen molar-refractivity contribution >= 4 is 28.6 Å². The number of carbonyl (C=O) groups excluding carboxylic acids is 1. The van der Waals surface area contributed by atoms with Crippen LogP contribution >= 0.6 is 11.8 Å². The number of aromatic nitrogens is 2. The number of hydrogen-bond donors (Lipinski definition) is 3. The van der Waals surface area contributed by atoms with Gasteiger partial charge in [-0.05, 0) is 17.7 Å². The highest BCUT2D eigenvalue weighted by Crippen LogP contribution is 2.45. The van der Waals surface area contributed by atoms with Crippen LogP contribution in [0.25, 0.3) is 0 Å². The Labute approximate surface area is 134 Å². The Kier molecular flexibility index (Phi) is 3.02. The molecule has 8 heteroatoms. The van der Waals surface area contributed by atoms with Gasteiger partial charge >= 0.3 is 0 Å². The predicted molar refractivity (Wildman–Crippen MR) is 85.6 cm³/mol. The van der Waals surface area contributed by atoms with E-state index in [-0.39, 0.29) is 16.6 Å². The topological polar surface area (TPSA) is 101 Å². The van der Waals surface area contributed by atoms with Crippen LogP contribution in [0.2, 0.25) is 0 Å². The van der Waals surface area contributed by atoms with Crippen LogP contribution in [-0.2, 0) is 4.79 Å². The largest absolute Gasteiger partial charge is 0.369 e. The summed E-state index contributed by atoms with van der Waals surface area (Å²) in [5.74, 6) is -0.317. The van der Waals surface area contributed by atoms with Gasteiger partial charge in [0.1, 0.15) is 11.6 Å². The molecule has 6 nitrogen and oxygen atoms in total. The van der Waals surface area contributed by atoms with Gasteiger partial charge in [0.2, 0.25) is 11.1 Å². The number of nitrogens with two attached hydrogens (primary N) is 1. The number of rotatable bonds is 1. The molecule has 0 aliphatic carbocycles. The smallest absolute Gasteiger partial charge is 0.258 e. The van der Waals surface area contributed by atoms with Crippen molar-refractivity contribution in [2.45, 2.75) is 5.92 Å². The third-order valence-electron chi connectivity index (χ3n) is 3.89. The van der Waals surface area contributed by atoms with Gasteiger partial charge in [-0.25, -0.2) is 4.39 Å². The lowest BCUT2D eigenvalue weighted by atomic mass is 9.83. The zero-order valence-corrected chi connectivity index (χ0v) is 12.5. The number of carbonyl (C=O) groups is 1. The van der Waals surface area contributed by atoms with Crippen LogP contribution in [0.15, 0.2) is 40.3 Å². The van der Waals surface area contributed by atoms with E-state index >= 15 is 0 Å². The fraction of sp³-hybridized carbons (Fsp3) is 0.133. The van der Waals surface area contributed by atoms with Gasteiger partial charge in [-0.1, -0.05) is 23.9 Å². The second kappa shape index (κ2) is 4.95. The molecule has 23 heavy (non-hydrogen) atoms. The fourth-order valence-corrected chi connectivity index (χ4v) is 3.88. The lowest BCUT2D eigenvalue weighted by Gasteiger charge is -2.26. The molecule has 1 aromatic carbocycles. The van der Waals surface area contributed by atoms with E-state index in [1.807, 2.05) is 0 Å². The lowest BCUT2D eigenvalue weighted by Crippen LogP contribution is -2.29. The Morgan fingerprint density at radius 3 is 2.96 bits per heavy atom. The number of thioether (sulfide) groups is 1. The SMILES string of the molecule is Nc1nc2c(c(=O)[nH]1)C(c1cccc(F)c1)C1=C(CSC1=O)N2. The molecule has 0 fully saturated rings. The number of hydrogen-bond acceptors (Lipinski definition) is 6. The molecule has 0 spiro atoms. The van der Waals surface area contributed by atoms with Gasteiger partial charge in [-0.3, -0.25) is 14.6 Å². The number of halogens is 1. The van der Waals surface area contributed by atoms with Crippen molar-refractivity contribution in [3.05, 3.63) is 62.8 Å².